The standard InChI is InChI=1S/C32H29FN4O5/c1-20-16-23(21(2)37(20)24-12-14-25(15-13-24)42-19-22-8-4-5-9-26(22)33)17-28-31(39)36(32(40)35-28)18-30(38)34-27-10-6-7-11-29(27)41-3/h4-17H,18-19H2,1-3H3,(H,34,38)(H,35,40)/b28-17-. The number of imide groups is 1. The summed E-state index contributed by atoms with van der Waals surface area (Å²) in [5.74, 6) is -0.393. The fourth-order valence-corrected chi connectivity index (χ4v) is 4.75. The second-order valence-electron chi connectivity index (χ2n) is 9.66. The molecular formula is C32H29FN4O5. The van der Waals surface area contributed by atoms with E-state index in [4.69, 9.17) is 9.47 Å². The van der Waals surface area contributed by atoms with Crippen molar-refractivity contribution in [3.05, 3.63) is 113 Å². The van der Waals surface area contributed by atoms with Crippen LogP contribution in [0.4, 0.5) is 14.9 Å². The number of aryl methyl sites for hydroxylation is 1. The summed E-state index contributed by atoms with van der Waals surface area (Å²) in [4.78, 5) is 39.1. The second kappa shape index (κ2) is 12.0. The number of aromatic nitrogens is 1. The first-order valence-corrected chi connectivity index (χ1v) is 13.2. The Balaban J connectivity index is 1.28. The molecule has 1 aromatic heterocycles. The summed E-state index contributed by atoms with van der Waals surface area (Å²) < 4.78 is 26.9. The lowest BCUT2D eigenvalue weighted by molar-refractivity contribution is -0.127. The first-order chi connectivity index (χ1) is 20.2. The fourth-order valence-electron chi connectivity index (χ4n) is 4.75. The van der Waals surface area contributed by atoms with E-state index >= 15 is 0 Å². The summed E-state index contributed by atoms with van der Waals surface area (Å²) >= 11 is 0. The highest BCUT2D eigenvalue weighted by Crippen LogP contribution is 2.26. The molecule has 9 nitrogen and oxygen atoms in total. The number of nitrogens with zero attached hydrogens (tertiary/aromatic N) is 2. The van der Waals surface area contributed by atoms with E-state index in [1.54, 1.807) is 48.5 Å². The molecule has 4 aromatic rings. The topological polar surface area (TPSA) is 102 Å². The number of anilines is 1. The van der Waals surface area contributed by atoms with Crippen molar-refractivity contribution in [1.29, 1.82) is 0 Å². The number of nitrogens with one attached hydrogen (secondary N) is 2. The van der Waals surface area contributed by atoms with Crippen molar-refractivity contribution in [1.82, 2.24) is 14.8 Å². The SMILES string of the molecule is COc1ccccc1NC(=O)CN1C(=O)N/C(=C\c2cc(C)n(-c3ccc(OCc4ccccc4F)cc3)c2C)C1=O. The molecule has 1 aliphatic heterocycles. The molecule has 0 saturated carbocycles. The molecule has 0 spiro atoms. The van der Waals surface area contributed by atoms with E-state index in [-0.39, 0.29) is 18.1 Å². The number of urea groups is 1. The maximum atomic E-state index is 13.9. The van der Waals surface area contributed by atoms with Crippen LogP contribution in [0.15, 0.2) is 84.6 Å². The summed E-state index contributed by atoms with van der Waals surface area (Å²) in [6.45, 7) is 3.50. The minimum atomic E-state index is -0.679. The molecule has 10 heteroatoms. The molecular weight excluding hydrogens is 539 g/mol. The fraction of sp³-hybridized carbons (Fsp3) is 0.156. The van der Waals surface area contributed by atoms with Gasteiger partial charge in [0.1, 0.15) is 36.2 Å². The van der Waals surface area contributed by atoms with Crippen molar-refractivity contribution in [2.24, 2.45) is 0 Å². The Morgan fingerprint density at radius 3 is 2.45 bits per heavy atom. The molecule has 5 rings (SSSR count). The third kappa shape index (κ3) is 5.87. The number of para-hydroxylation sites is 2. The van der Waals surface area contributed by atoms with Gasteiger partial charge in [-0.05, 0) is 74.0 Å². The lowest BCUT2D eigenvalue weighted by Crippen LogP contribution is -2.38. The minimum Gasteiger partial charge on any atom is -0.495 e. The van der Waals surface area contributed by atoms with Crippen molar-refractivity contribution in [3.63, 3.8) is 0 Å². The zero-order chi connectivity index (χ0) is 29.8. The van der Waals surface area contributed by atoms with E-state index in [0.29, 0.717) is 22.7 Å². The molecule has 0 bridgehead atoms. The number of methoxy groups -OCH3 is 1. The van der Waals surface area contributed by atoms with Crippen LogP contribution in [0.5, 0.6) is 11.5 Å². The minimum absolute atomic E-state index is 0.0715. The molecule has 2 heterocycles. The number of hydrogen-bond donors (Lipinski definition) is 2. The van der Waals surface area contributed by atoms with Crippen LogP contribution in [-0.2, 0) is 16.2 Å². The molecule has 1 aliphatic rings. The van der Waals surface area contributed by atoms with E-state index in [1.807, 2.05) is 48.7 Å². The number of carbonyl (C=O) groups excluding carboxylic acids is 3. The van der Waals surface area contributed by atoms with Crippen molar-refractivity contribution in [3.8, 4) is 17.2 Å². The monoisotopic (exact) mass is 568 g/mol. The van der Waals surface area contributed by atoms with Gasteiger partial charge in [0.25, 0.3) is 5.91 Å². The molecule has 2 N–H and O–H groups in total. The zero-order valence-corrected chi connectivity index (χ0v) is 23.3. The second-order valence-corrected chi connectivity index (χ2v) is 9.66. The highest BCUT2D eigenvalue weighted by molar-refractivity contribution is 6.16. The average Bonchev–Trinajstić information content (AvgIpc) is 3.41. The van der Waals surface area contributed by atoms with Crippen LogP contribution in [0.3, 0.4) is 0 Å². The number of hydrogen-bond acceptors (Lipinski definition) is 5. The number of rotatable bonds is 9. The first-order valence-electron chi connectivity index (χ1n) is 13.2. The molecule has 42 heavy (non-hydrogen) atoms. The lowest BCUT2D eigenvalue weighted by atomic mass is 10.2. The Morgan fingerprint density at radius 1 is 1.00 bits per heavy atom. The quantitative estimate of drug-likeness (QED) is 0.209. The first kappa shape index (κ1) is 28.2. The van der Waals surface area contributed by atoms with Gasteiger partial charge in [0.15, 0.2) is 0 Å². The molecule has 0 unspecified atom stereocenters. The predicted molar refractivity (Wildman–Crippen MR) is 156 cm³/mol. The molecule has 0 radical (unpaired) electrons. The van der Waals surface area contributed by atoms with E-state index in [1.165, 1.54) is 13.2 Å². The molecule has 0 atom stereocenters. The molecule has 1 fully saturated rings. The maximum absolute atomic E-state index is 13.9. The highest BCUT2D eigenvalue weighted by Gasteiger charge is 2.35. The Hall–Kier alpha value is -5.38. The summed E-state index contributed by atoms with van der Waals surface area (Å²) in [5, 5.41) is 5.24. The van der Waals surface area contributed by atoms with Crippen LogP contribution < -0.4 is 20.1 Å². The summed E-state index contributed by atoms with van der Waals surface area (Å²) in [6.07, 6.45) is 1.60. The van der Waals surface area contributed by atoms with Crippen LogP contribution in [0, 0.1) is 19.7 Å². The molecule has 1 saturated heterocycles. The largest absolute Gasteiger partial charge is 0.495 e. The zero-order valence-electron chi connectivity index (χ0n) is 23.3. The number of halogens is 1. The van der Waals surface area contributed by atoms with Gasteiger partial charge in [0.05, 0.1) is 12.8 Å². The van der Waals surface area contributed by atoms with Gasteiger partial charge in [0.2, 0.25) is 5.91 Å². The van der Waals surface area contributed by atoms with Crippen LogP contribution in [0.25, 0.3) is 11.8 Å². The predicted octanol–water partition coefficient (Wildman–Crippen LogP) is 5.35. The number of ether oxygens (including phenoxy) is 2. The number of carbonyl (C=O) groups is 3. The lowest BCUT2D eigenvalue weighted by Gasteiger charge is -2.13. The van der Waals surface area contributed by atoms with Gasteiger partial charge >= 0.3 is 6.03 Å². The third-order valence-electron chi connectivity index (χ3n) is 6.86. The van der Waals surface area contributed by atoms with Crippen LogP contribution in [-0.4, -0.2) is 41.0 Å². The van der Waals surface area contributed by atoms with Gasteiger partial charge < -0.3 is 24.7 Å². The van der Waals surface area contributed by atoms with Crippen molar-refractivity contribution < 1.29 is 28.2 Å². The smallest absolute Gasteiger partial charge is 0.329 e. The summed E-state index contributed by atoms with van der Waals surface area (Å²) in [6, 6.07) is 21.9. The van der Waals surface area contributed by atoms with E-state index in [2.05, 4.69) is 10.6 Å². The van der Waals surface area contributed by atoms with Gasteiger partial charge in [-0.15, -0.1) is 0 Å². The van der Waals surface area contributed by atoms with Crippen molar-refractivity contribution >= 4 is 29.6 Å². The van der Waals surface area contributed by atoms with Gasteiger partial charge in [-0.1, -0.05) is 30.3 Å². The summed E-state index contributed by atoms with van der Waals surface area (Å²) in [7, 11) is 1.48. The number of amides is 4. The third-order valence-corrected chi connectivity index (χ3v) is 6.86. The van der Waals surface area contributed by atoms with Gasteiger partial charge in [-0.25, -0.2) is 14.1 Å². The van der Waals surface area contributed by atoms with Gasteiger partial charge in [-0.3, -0.25) is 9.59 Å². The van der Waals surface area contributed by atoms with Gasteiger partial charge in [-0.2, -0.15) is 0 Å². The Morgan fingerprint density at radius 2 is 1.71 bits per heavy atom. The average molecular weight is 569 g/mol. The molecule has 4 amide bonds. The Kier molecular flexibility index (Phi) is 8.05. The van der Waals surface area contributed by atoms with Crippen molar-refractivity contribution in [2.45, 2.75) is 20.5 Å². The van der Waals surface area contributed by atoms with Crippen LogP contribution in [0.1, 0.15) is 22.5 Å². The Bertz CT molecular complexity index is 1690. The van der Waals surface area contributed by atoms with Gasteiger partial charge in [0, 0.05) is 22.6 Å². The Labute approximate surface area is 242 Å². The molecule has 214 valence electrons. The molecule has 0 aliphatic carbocycles. The summed E-state index contributed by atoms with van der Waals surface area (Å²) in [5.41, 5.74) is 4.33. The normalized spacial score (nSPS) is 13.8. The maximum Gasteiger partial charge on any atom is 0.329 e. The number of benzene rings is 3. The van der Waals surface area contributed by atoms with Crippen LogP contribution in [0.2, 0.25) is 0 Å². The van der Waals surface area contributed by atoms with E-state index < -0.39 is 24.4 Å². The van der Waals surface area contributed by atoms with Crippen molar-refractivity contribution in [2.75, 3.05) is 19.0 Å². The van der Waals surface area contributed by atoms with Crippen LogP contribution >= 0.6 is 0 Å². The molecule has 3 aromatic carbocycles. The van der Waals surface area contributed by atoms with E-state index in [0.717, 1.165) is 27.5 Å². The highest BCUT2D eigenvalue weighted by atomic mass is 19.1. The van der Waals surface area contributed by atoms with E-state index in [9.17, 15) is 18.8 Å².